The van der Waals surface area contributed by atoms with Gasteiger partial charge in [0.2, 0.25) is 0 Å². The maximum Gasteiger partial charge on any atom is 0.157 e. The molecule has 94 valence electrons. The first-order valence-corrected chi connectivity index (χ1v) is 7.01. The number of hydrogen-bond acceptors (Lipinski definition) is 4. The molecule has 0 bridgehead atoms. The van der Waals surface area contributed by atoms with Crippen molar-refractivity contribution in [3.05, 3.63) is 17.5 Å². The van der Waals surface area contributed by atoms with E-state index >= 15 is 0 Å². The van der Waals surface area contributed by atoms with Crippen molar-refractivity contribution in [2.45, 2.75) is 38.5 Å². The molecule has 0 fully saturated rings. The minimum Gasteiger partial charge on any atom is -0.361 e. The molecule has 1 unspecified atom stereocenters. The van der Waals surface area contributed by atoms with Crippen LogP contribution in [0.5, 0.6) is 0 Å². The van der Waals surface area contributed by atoms with E-state index in [0.717, 1.165) is 24.0 Å². The molecule has 1 atom stereocenters. The first-order chi connectivity index (χ1) is 8.19. The quantitative estimate of drug-likeness (QED) is 0.892. The Labute approximate surface area is 107 Å². The molecule has 4 nitrogen and oxygen atoms in total. The van der Waals surface area contributed by atoms with E-state index in [0.29, 0.717) is 5.25 Å². The Hall–Kier alpha value is -0.970. The first kappa shape index (κ1) is 12.5. The van der Waals surface area contributed by atoms with Gasteiger partial charge < -0.3 is 5.32 Å². The Morgan fingerprint density at radius 2 is 2.41 bits per heavy atom. The van der Waals surface area contributed by atoms with Crippen LogP contribution in [0.3, 0.4) is 0 Å². The van der Waals surface area contributed by atoms with Gasteiger partial charge in [-0.05, 0) is 13.3 Å². The van der Waals surface area contributed by atoms with Gasteiger partial charge in [0.1, 0.15) is 0 Å². The van der Waals surface area contributed by atoms with Crippen molar-refractivity contribution in [3.63, 3.8) is 0 Å². The van der Waals surface area contributed by atoms with Crippen LogP contribution in [0.4, 0.5) is 0 Å². The van der Waals surface area contributed by atoms with Crippen LogP contribution in [0.1, 0.15) is 31.0 Å². The van der Waals surface area contributed by atoms with Crippen LogP contribution >= 0.6 is 11.8 Å². The topological polar surface area (TPSA) is 42.2 Å². The van der Waals surface area contributed by atoms with Gasteiger partial charge in [0.15, 0.2) is 5.17 Å². The molecule has 1 aliphatic heterocycles. The molecule has 1 aromatic rings. The second-order valence-electron chi connectivity index (χ2n) is 4.44. The maximum absolute atomic E-state index is 4.53. The largest absolute Gasteiger partial charge is 0.361 e. The van der Waals surface area contributed by atoms with E-state index < -0.39 is 0 Å². The zero-order chi connectivity index (χ0) is 12.3. The lowest BCUT2D eigenvalue weighted by molar-refractivity contribution is 0.753. The fourth-order valence-electron chi connectivity index (χ4n) is 1.98. The van der Waals surface area contributed by atoms with Crippen LogP contribution in [0.25, 0.3) is 0 Å². The Balaban J connectivity index is 1.82. The molecule has 0 radical (unpaired) electrons. The van der Waals surface area contributed by atoms with Crippen LogP contribution in [0.15, 0.2) is 11.2 Å². The summed E-state index contributed by atoms with van der Waals surface area (Å²) < 4.78 is 1.86. The average molecular weight is 252 g/mol. The van der Waals surface area contributed by atoms with Gasteiger partial charge in [-0.2, -0.15) is 5.10 Å². The van der Waals surface area contributed by atoms with Crippen LogP contribution in [-0.2, 0) is 13.6 Å². The second-order valence-corrected chi connectivity index (χ2v) is 5.73. The van der Waals surface area contributed by atoms with Gasteiger partial charge >= 0.3 is 0 Å². The summed E-state index contributed by atoms with van der Waals surface area (Å²) in [5.41, 5.74) is 2.34. The molecule has 1 N–H and O–H groups in total. The Morgan fingerprint density at radius 3 is 3.06 bits per heavy atom. The summed E-state index contributed by atoms with van der Waals surface area (Å²) in [6, 6.07) is 0. The maximum atomic E-state index is 4.53. The molecular weight excluding hydrogens is 232 g/mol. The van der Waals surface area contributed by atoms with E-state index in [1.54, 1.807) is 0 Å². The number of nitrogens with one attached hydrogen (secondary N) is 1. The van der Waals surface area contributed by atoms with E-state index in [1.807, 2.05) is 30.4 Å². The fraction of sp³-hybridized carbons (Fsp3) is 0.667. The van der Waals surface area contributed by atoms with E-state index in [9.17, 15) is 0 Å². The molecule has 2 heterocycles. The molecule has 2 rings (SSSR count). The summed E-state index contributed by atoms with van der Waals surface area (Å²) >= 11 is 1.88. The molecule has 0 aromatic carbocycles. The lowest BCUT2D eigenvalue weighted by Crippen LogP contribution is -2.19. The van der Waals surface area contributed by atoms with Crippen LogP contribution in [-0.4, -0.2) is 26.7 Å². The van der Waals surface area contributed by atoms with Gasteiger partial charge in [-0.1, -0.05) is 25.1 Å². The molecule has 0 amide bonds. The van der Waals surface area contributed by atoms with Crippen molar-refractivity contribution < 1.29 is 0 Å². The Morgan fingerprint density at radius 1 is 1.59 bits per heavy atom. The Bertz CT molecular complexity index is 411. The number of hydrogen-bond donors (Lipinski definition) is 1. The summed E-state index contributed by atoms with van der Waals surface area (Å²) in [6.07, 6.45) is 4.56. The normalized spacial score (nSPS) is 19.5. The molecule has 0 saturated heterocycles. The number of aryl methyl sites for hydroxylation is 2. The predicted molar refractivity (Wildman–Crippen MR) is 73.4 cm³/mol. The van der Waals surface area contributed by atoms with Gasteiger partial charge in [0, 0.05) is 30.6 Å². The third-order valence-corrected chi connectivity index (χ3v) is 4.09. The SMILES string of the molecule is CCCC1CN=C(NCc2cn(C)nc2C)S1. The van der Waals surface area contributed by atoms with Crippen LogP contribution < -0.4 is 5.32 Å². The lowest BCUT2D eigenvalue weighted by atomic mass is 10.2. The van der Waals surface area contributed by atoms with E-state index in [2.05, 4.69) is 28.5 Å². The molecule has 0 aliphatic carbocycles. The molecule has 1 aromatic heterocycles. The molecule has 5 heteroatoms. The summed E-state index contributed by atoms with van der Waals surface area (Å²) in [5, 5.41) is 9.50. The van der Waals surface area contributed by atoms with Crippen molar-refractivity contribution >= 4 is 16.9 Å². The molecule has 17 heavy (non-hydrogen) atoms. The van der Waals surface area contributed by atoms with Crippen molar-refractivity contribution in [2.24, 2.45) is 12.0 Å². The summed E-state index contributed by atoms with van der Waals surface area (Å²) in [6.45, 7) is 6.06. The van der Waals surface area contributed by atoms with E-state index in [1.165, 1.54) is 18.4 Å². The highest BCUT2D eigenvalue weighted by atomic mass is 32.2. The van der Waals surface area contributed by atoms with Crippen molar-refractivity contribution in [2.75, 3.05) is 6.54 Å². The third kappa shape index (κ3) is 3.25. The fourth-order valence-corrected chi connectivity index (χ4v) is 3.10. The Kier molecular flexibility index (Phi) is 4.10. The van der Waals surface area contributed by atoms with Crippen LogP contribution in [0.2, 0.25) is 0 Å². The number of aliphatic imine (C=N–C) groups is 1. The van der Waals surface area contributed by atoms with Crippen molar-refractivity contribution in [1.29, 1.82) is 0 Å². The van der Waals surface area contributed by atoms with Gasteiger partial charge in [-0.15, -0.1) is 0 Å². The highest BCUT2D eigenvalue weighted by Crippen LogP contribution is 2.23. The molecule has 1 aliphatic rings. The molecule has 0 saturated carbocycles. The highest BCUT2D eigenvalue weighted by Gasteiger charge is 2.18. The van der Waals surface area contributed by atoms with Gasteiger partial charge in [0.05, 0.1) is 12.2 Å². The summed E-state index contributed by atoms with van der Waals surface area (Å²) in [4.78, 5) is 4.53. The predicted octanol–water partition coefficient (Wildman–Crippen LogP) is 2.09. The number of aromatic nitrogens is 2. The van der Waals surface area contributed by atoms with Gasteiger partial charge in [-0.3, -0.25) is 9.67 Å². The van der Waals surface area contributed by atoms with Gasteiger partial charge in [-0.25, -0.2) is 0 Å². The standard InChI is InChI=1S/C12H20N4S/c1-4-5-11-7-14-12(17-11)13-6-10-8-16(3)15-9(10)2/h8,11H,4-7H2,1-3H3,(H,13,14). The highest BCUT2D eigenvalue weighted by molar-refractivity contribution is 8.14. The number of amidine groups is 1. The number of nitrogens with zero attached hydrogens (tertiary/aromatic N) is 3. The minimum absolute atomic E-state index is 0.678. The molecular formula is C12H20N4S. The van der Waals surface area contributed by atoms with Crippen LogP contribution in [0, 0.1) is 6.92 Å². The van der Waals surface area contributed by atoms with Gasteiger partial charge in [0.25, 0.3) is 0 Å². The third-order valence-electron chi connectivity index (χ3n) is 2.87. The molecule has 0 spiro atoms. The van der Waals surface area contributed by atoms with E-state index in [-0.39, 0.29) is 0 Å². The summed E-state index contributed by atoms with van der Waals surface area (Å²) in [7, 11) is 1.95. The number of rotatable bonds is 4. The van der Waals surface area contributed by atoms with Crippen molar-refractivity contribution in [3.8, 4) is 0 Å². The summed E-state index contributed by atoms with van der Waals surface area (Å²) in [5.74, 6) is 0. The zero-order valence-corrected chi connectivity index (χ0v) is 11.5. The zero-order valence-electron chi connectivity index (χ0n) is 10.7. The van der Waals surface area contributed by atoms with E-state index in [4.69, 9.17) is 0 Å². The minimum atomic E-state index is 0.678. The number of thioether (sulfide) groups is 1. The first-order valence-electron chi connectivity index (χ1n) is 6.13. The second kappa shape index (κ2) is 5.58. The smallest absolute Gasteiger partial charge is 0.157 e. The lowest BCUT2D eigenvalue weighted by Gasteiger charge is -2.07. The average Bonchev–Trinajstić information content (AvgIpc) is 2.83. The van der Waals surface area contributed by atoms with Crippen molar-refractivity contribution in [1.82, 2.24) is 15.1 Å². The monoisotopic (exact) mass is 252 g/mol.